The van der Waals surface area contributed by atoms with Gasteiger partial charge in [0.15, 0.2) is 0 Å². The third-order valence-electron chi connectivity index (χ3n) is 1.70. The molecule has 0 amide bonds. The van der Waals surface area contributed by atoms with E-state index in [4.69, 9.17) is 5.73 Å². The zero-order valence-corrected chi connectivity index (χ0v) is 10.5. The van der Waals surface area contributed by atoms with Gasteiger partial charge in [0.1, 0.15) is 5.01 Å². The Bertz CT molecular complexity index is 258. The summed E-state index contributed by atoms with van der Waals surface area (Å²) >= 11 is 3.71. The Morgan fingerprint density at radius 1 is 1.64 bits per heavy atom. The van der Waals surface area contributed by atoms with Crippen LogP contribution in [0, 0.1) is 0 Å². The second-order valence-corrected chi connectivity index (χ2v) is 5.51. The van der Waals surface area contributed by atoms with Crippen molar-refractivity contribution in [3.05, 3.63) is 16.1 Å². The summed E-state index contributed by atoms with van der Waals surface area (Å²) in [6.07, 6.45) is 2.14. The van der Waals surface area contributed by atoms with Gasteiger partial charge in [0, 0.05) is 23.6 Å². The van der Waals surface area contributed by atoms with Gasteiger partial charge in [-0.25, -0.2) is 4.98 Å². The Morgan fingerprint density at radius 3 is 3.07 bits per heavy atom. The van der Waals surface area contributed by atoms with Gasteiger partial charge in [-0.3, -0.25) is 0 Å². The molecule has 1 rings (SSSR count). The number of hydrogen-bond acceptors (Lipinski definition) is 4. The smallest absolute Gasteiger partial charge is 0.103 e. The van der Waals surface area contributed by atoms with Gasteiger partial charge in [0.25, 0.3) is 0 Å². The third-order valence-corrected chi connectivity index (χ3v) is 3.96. The fourth-order valence-electron chi connectivity index (χ4n) is 1.14. The quantitative estimate of drug-likeness (QED) is 0.764. The van der Waals surface area contributed by atoms with E-state index < -0.39 is 0 Å². The van der Waals surface area contributed by atoms with Crippen LogP contribution in [0.2, 0.25) is 0 Å². The molecule has 0 bridgehead atoms. The van der Waals surface area contributed by atoms with E-state index in [9.17, 15) is 0 Å². The number of nitrogens with two attached hydrogens (primary N) is 1. The first kappa shape index (κ1) is 12.0. The maximum Gasteiger partial charge on any atom is 0.103 e. The lowest BCUT2D eigenvalue weighted by Crippen LogP contribution is -2.17. The van der Waals surface area contributed by atoms with Gasteiger partial charge in [-0.05, 0) is 19.1 Å². The van der Waals surface area contributed by atoms with E-state index in [2.05, 4.69) is 17.3 Å². The van der Waals surface area contributed by atoms with Crippen molar-refractivity contribution in [1.29, 1.82) is 0 Å². The zero-order chi connectivity index (χ0) is 10.4. The van der Waals surface area contributed by atoms with E-state index in [0.29, 0.717) is 0 Å². The molecule has 1 aromatic heterocycles. The first-order valence-corrected chi connectivity index (χ1v) is 7.02. The number of nitrogens with zero attached hydrogens (tertiary/aromatic N) is 1. The van der Waals surface area contributed by atoms with Crippen molar-refractivity contribution in [2.24, 2.45) is 5.73 Å². The van der Waals surface area contributed by atoms with E-state index >= 15 is 0 Å². The highest BCUT2D eigenvalue weighted by atomic mass is 32.2. The Labute approximate surface area is 94.3 Å². The minimum absolute atomic E-state index is 0.216. The molecular formula is C10H18N2S2. The van der Waals surface area contributed by atoms with Crippen LogP contribution in [0.5, 0.6) is 0 Å². The second-order valence-electron chi connectivity index (χ2n) is 3.47. The summed E-state index contributed by atoms with van der Waals surface area (Å²) in [7, 11) is 0. The normalized spacial score (nSPS) is 13.1. The van der Waals surface area contributed by atoms with Crippen molar-refractivity contribution < 1.29 is 0 Å². The molecule has 0 aromatic carbocycles. The van der Waals surface area contributed by atoms with Crippen LogP contribution in [0.1, 0.15) is 31.0 Å². The number of rotatable bonds is 6. The van der Waals surface area contributed by atoms with Crippen LogP contribution >= 0.6 is 23.1 Å². The molecule has 0 aliphatic rings. The average Bonchev–Trinajstić information content (AvgIpc) is 2.52. The van der Waals surface area contributed by atoms with Crippen LogP contribution in [0.4, 0.5) is 0 Å². The predicted octanol–water partition coefficient (Wildman–Crippen LogP) is 2.68. The Hall–Kier alpha value is -0.0600. The molecule has 4 heteroatoms. The molecule has 1 heterocycles. The maximum atomic E-state index is 5.71. The van der Waals surface area contributed by atoms with E-state index in [1.165, 1.54) is 17.2 Å². The zero-order valence-electron chi connectivity index (χ0n) is 8.82. The predicted molar refractivity (Wildman–Crippen MR) is 65.9 cm³/mol. The molecule has 0 aliphatic heterocycles. The maximum absolute atomic E-state index is 5.71. The van der Waals surface area contributed by atoms with Gasteiger partial charge < -0.3 is 5.73 Å². The molecule has 0 spiro atoms. The van der Waals surface area contributed by atoms with Gasteiger partial charge in [0.2, 0.25) is 0 Å². The second kappa shape index (κ2) is 6.43. The van der Waals surface area contributed by atoms with Gasteiger partial charge in [-0.2, -0.15) is 11.8 Å². The van der Waals surface area contributed by atoms with Crippen LogP contribution in [-0.2, 0) is 12.2 Å². The van der Waals surface area contributed by atoms with Crippen LogP contribution in [-0.4, -0.2) is 16.8 Å². The third kappa shape index (κ3) is 4.44. The molecule has 1 atom stereocenters. The lowest BCUT2D eigenvalue weighted by molar-refractivity contribution is 0.724. The first-order valence-electron chi connectivity index (χ1n) is 4.99. The van der Waals surface area contributed by atoms with E-state index in [-0.39, 0.29) is 6.04 Å². The molecule has 14 heavy (non-hydrogen) atoms. The van der Waals surface area contributed by atoms with Crippen molar-refractivity contribution in [1.82, 2.24) is 4.98 Å². The topological polar surface area (TPSA) is 38.9 Å². The standard InChI is InChI=1S/C10H18N2S2/c1-3-4-13-7-10-12-9(6-14-10)5-8(2)11/h6,8H,3-5,7,11H2,1-2H3. The van der Waals surface area contributed by atoms with Crippen molar-refractivity contribution in [3.8, 4) is 0 Å². The lowest BCUT2D eigenvalue weighted by atomic mass is 10.2. The van der Waals surface area contributed by atoms with Crippen LogP contribution < -0.4 is 5.73 Å². The first-order chi connectivity index (χ1) is 6.72. The number of thiazole rings is 1. The molecule has 0 saturated carbocycles. The average molecular weight is 230 g/mol. The highest BCUT2D eigenvalue weighted by Gasteiger charge is 2.03. The molecular weight excluding hydrogens is 212 g/mol. The summed E-state index contributed by atoms with van der Waals surface area (Å²) in [6, 6.07) is 0.216. The summed E-state index contributed by atoms with van der Waals surface area (Å²) in [5, 5.41) is 3.37. The van der Waals surface area contributed by atoms with E-state index in [0.717, 1.165) is 17.9 Å². The summed E-state index contributed by atoms with van der Waals surface area (Å²) in [6.45, 7) is 4.22. The fraction of sp³-hybridized carbons (Fsp3) is 0.700. The molecule has 0 radical (unpaired) electrons. The lowest BCUT2D eigenvalue weighted by Gasteiger charge is -1.99. The van der Waals surface area contributed by atoms with Crippen LogP contribution in [0.3, 0.4) is 0 Å². The van der Waals surface area contributed by atoms with Gasteiger partial charge in [-0.15, -0.1) is 11.3 Å². The van der Waals surface area contributed by atoms with Crippen molar-refractivity contribution in [2.45, 2.75) is 38.5 Å². The number of aromatic nitrogens is 1. The molecule has 2 N–H and O–H groups in total. The summed E-state index contributed by atoms with van der Waals surface area (Å²) in [5.41, 5.74) is 6.86. The number of hydrogen-bond donors (Lipinski definition) is 1. The Morgan fingerprint density at radius 2 is 2.43 bits per heavy atom. The number of thioether (sulfide) groups is 1. The molecule has 80 valence electrons. The van der Waals surface area contributed by atoms with Gasteiger partial charge in [0.05, 0.1) is 5.69 Å². The summed E-state index contributed by atoms with van der Waals surface area (Å²) in [4.78, 5) is 4.54. The highest BCUT2D eigenvalue weighted by molar-refractivity contribution is 7.98. The fourth-order valence-corrected chi connectivity index (χ4v) is 2.93. The minimum Gasteiger partial charge on any atom is -0.328 e. The Kier molecular flexibility index (Phi) is 5.52. The van der Waals surface area contributed by atoms with Crippen molar-refractivity contribution in [3.63, 3.8) is 0 Å². The molecule has 2 nitrogen and oxygen atoms in total. The molecule has 1 unspecified atom stereocenters. The largest absolute Gasteiger partial charge is 0.328 e. The van der Waals surface area contributed by atoms with Crippen molar-refractivity contribution in [2.75, 3.05) is 5.75 Å². The monoisotopic (exact) mass is 230 g/mol. The summed E-state index contributed by atoms with van der Waals surface area (Å²) < 4.78 is 0. The SMILES string of the molecule is CCCSCc1nc(CC(C)N)cs1. The molecule has 0 fully saturated rings. The van der Waals surface area contributed by atoms with Crippen molar-refractivity contribution >= 4 is 23.1 Å². The minimum atomic E-state index is 0.216. The molecule has 1 aromatic rings. The summed E-state index contributed by atoms with van der Waals surface area (Å²) in [5.74, 6) is 2.28. The van der Waals surface area contributed by atoms with Crippen LogP contribution in [0.25, 0.3) is 0 Å². The molecule has 0 saturated heterocycles. The molecule has 0 aliphatic carbocycles. The van der Waals surface area contributed by atoms with Gasteiger partial charge >= 0.3 is 0 Å². The highest BCUT2D eigenvalue weighted by Crippen LogP contribution is 2.17. The van der Waals surface area contributed by atoms with Crippen LogP contribution in [0.15, 0.2) is 5.38 Å². The Balaban J connectivity index is 2.35. The van der Waals surface area contributed by atoms with E-state index in [1.54, 1.807) is 11.3 Å². The van der Waals surface area contributed by atoms with E-state index in [1.807, 2.05) is 18.7 Å². The van der Waals surface area contributed by atoms with Gasteiger partial charge in [-0.1, -0.05) is 6.92 Å².